The van der Waals surface area contributed by atoms with Gasteiger partial charge in [0.15, 0.2) is 12.4 Å². The van der Waals surface area contributed by atoms with Gasteiger partial charge in [-0.3, -0.25) is 4.79 Å². The molecule has 0 bridgehead atoms. The molecule has 3 rings (SSSR count). The standard InChI is InChI=1S/C21H23N3O3/c1-4-26-18-8-6-17(7-9-18)22-21(25)19-11-12-24(23-19)14-27-20-10-5-15(2)13-16(20)3/h5-13H,4,14H2,1-3H3,(H,22,25). The number of aryl methyl sites for hydroxylation is 2. The van der Waals surface area contributed by atoms with E-state index < -0.39 is 0 Å². The number of nitrogens with zero attached hydrogens (tertiary/aromatic N) is 2. The highest BCUT2D eigenvalue weighted by molar-refractivity contribution is 6.02. The van der Waals surface area contributed by atoms with Crippen molar-refractivity contribution in [2.24, 2.45) is 0 Å². The Hall–Kier alpha value is -3.28. The molecule has 1 amide bonds. The molecule has 27 heavy (non-hydrogen) atoms. The third-order valence-corrected chi connectivity index (χ3v) is 3.98. The lowest BCUT2D eigenvalue weighted by molar-refractivity contribution is 0.102. The minimum atomic E-state index is -0.274. The van der Waals surface area contributed by atoms with Gasteiger partial charge in [0.25, 0.3) is 5.91 Å². The Balaban J connectivity index is 1.58. The minimum absolute atomic E-state index is 0.236. The molecule has 1 aromatic heterocycles. The number of ether oxygens (including phenoxy) is 2. The molecule has 2 aromatic carbocycles. The number of anilines is 1. The molecule has 0 spiro atoms. The van der Waals surface area contributed by atoms with Crippen molar-refractivity contribution in [1.29, 1.82) is 0 Å². The first-order valence-electron chi connectivity index (χ1n) is 8.83. The highest BCUT2D eigenvalue weighted by atomic mass is 16.5. The van der Waals surface area contributed by atoms with Crippen LogP contribution in [-0.2, 0) is 6.73 Å². The molecular weight excluding hydrogens is 342 g/mol. The predicted molar refractivity (Wildman–Crippen MR) is 104 cm³/mol. The van der Waals surface area contributed by atoms with Gasteiger partial charge >= 0.3 is 0 Å². The molecule has 0 unspecified atom stereocenters. The number of carbonyl (C=O) groups is 1. The fourth-order valence-corrected chi connectivity index (χ4v) is 2.65. The fourth-order valence-electron chi connectivity index (χ4n) is 2.65. The van der Waals surface area contributed by atoms with Gasteiger partial charge in [0, 0.05) is 11.9 Å². The summed E-state index contributed by atoms with van der Waals surface area (Å²) in [7, 11) is 0. The molecular formula is C21H23N3O3. The normalized spacial score (nSPS) is 10.5. The van der Waals surface area contributed by atoms with Crippen LogP contribution in [0.1, 0.15) is 28.5 Å². The molecule has 0 fully saturated rings. The van der Waals surface area contributed by atoms with E-state index in [9.17, 15) is 4.79 Å². The summed E-state index contributed by atoms with van der Waals surface area (Å²) in [6, 6.07) is 14.9. The average Bonchev–Trinajstić information content (AvgIpc) is 3.12. The van der Waals surface area contributed by atoms with E-state index in [1.54, 1.807) is 29.1 Å². The van der Waals surface area contributed by atoms with E-state index in [-0.39, 0.29) is 12.6 Å². The van der Waals surface area contributed by atoms with Crippen LogP contribution in [-0.4, -0.2) is 22.3 Å². The summed E-state index contributed by atoms with van der Waals surface area (Å²) in [5.74, 6) is 1.30. The maximum Gasteiger partial charge on any atom is 0.276 e. The summed E-state index contributed by atoms with van der Waals surface area (Å²) < 4.78 is 12.8. The third kappa shape index (κ3) is 4.88. The zero-order chi connectivity index (χ0) is 19.2. The molecule has 0 saturated carbocycles. The Morgan fingerprint density at radius 3 is 2.56 bits per heavy atom. The van der Waals surface area contributed by atoms with Crippen LogP contribution in [0.4, 0.5) is 5.69 Å². The Morgan fingerprint density at radius 1 is 1.07 bits per heavy atom. The molecule has 0 saturated heterocycles. The lowest BCUT2D eigenvalue weighted by Crippen LogP contribution is -2.14. The topological polar surface area (TPSA) is 65.4 Å². The van der Waals surface area contributed by atoms with Gasteiger partial charge in [0.05, 0.1) is 6.61 Å². The molecule has 0 radical (unpaired) electrons. The monoisotopic (exact) mass is 365 g/mol. The highest BCUT2D eigenvalue weighted by Crippen LogP contribution is 2.19. The van der Waals surface area contributed by atoms with E-state index in [4.69, 9.17) is 9.47 Å². The van der Waals surface area contributed by atoms with Gasteiger partial charge in [-0.05, 0) is 62.7 Å². The maximum atomic E-state index is 12.3. The first kappa shape index (κ1) is 18.5. The second kappa shape index (κ2) is 8.40. The maximum absolute atomic E-state index is 12.3. The van der Waals surface area contributed by atoms with Crippen LogP contribution in [0.5, 0.6) is 11.5 Å². The largest absolute Gasteiger partial charge is 0.494 e. The number of aromatic nitrogens is 2. The minimum Gasteiger partial charge on any atom is -0.494 e. The van der Waals surface area contributed by atoms with E-state index in [1.807, 2.05) is 45.0 Å². The average molecular weight is 365 g/mol. The van der Waals surface area contributed by atoms with Gasteiger partial charge in [-0.2, -0.15) is 5.10 Å². The van der Waals surface area contributed by atoms with E-state index in [2.05, 4.69) is 16.5 Å². The molecule has 0 aliphatic carbocycles. The first-order chi connectivity index (χ1) is 13.0. The first-order valence-corrected chi connectivity index (χ1v) is 8.83. The SMILES string of the molecule is CCOc1ccc(NC(=O)c2ccn(COc3ccc(C)cc3C)n2)cc1. The van der Waals surface area contributed by atoms with Gasteiger partial charge in [0.2, 0.25) is 0 Å². The molecule has 1 heterocycles. The van der Waals surface area contributed by atoms with Crippen molar-refractivity contribution in [2.45, 2.75) is 27.5 Å². The van der Waals surface area contributed by atoms with Gasteiger partial charge in [-0.25, -0.2) is 4.68 Å². The van der Waals surface area contributed by atoms with Gasteiger partial charge in [0.1, 0.15) is 11.5 Å². The van der Waals surface area contributed by atoms with Crippen LogP contribution in [0, 0.1) is 13.8 Å². The van der Waals surface area contributed by atoms with Crippen LogP contribution in [0.25, 0.3) is 0 Å². The Morgan fingerprint density at radius 2 is 1.85 bits per heavy atom. The van der Waals surface area contributed by atoms with Crippen molar-refractivity contribution in [3.63, 3.8) is 0 Å². The zero-order valence-electron chi connectivity index (χ0n) is 15.7. The van der Waals surface area contributed by atoms with Crippen molar-refractivity contribution in [2.75, 3.05) is 11.9 Å². The molecule has 6 heteroatoms. The summed E-state index contributed by atoms with van der Waals surface area (Å²) >= 11 is 0. The molecule has 0 aliphatic heterocycles. The fraction of sp³-hybridized carbons (Fsp3) is 0.238. The summed E-state index contributed by atoms with van der Waals surface area (Å²) in [6.45, 7) is 6.81. The Labute approximate surface area is 158 Å². The van der Waals surface area contributed by atoms with Gasteiger partial charge in [-0.15, -0.1) is 0 Å². The summed E-state index contributed by atoms with van der Waals surface area (Å²) in [5, 5.41) is 7.09. The van der Waals surface area contributed by atoms with E-state index in [0.29, 0.717) is 18.0 Å². The number of rotatable bonds is 7. The number of hydrogen-bond donors (Lipinski definition) is 1. The van der Waals surface area contributed by atoms with Crippen LogP contribution in [0.2, 0.25) is 0 Å². The van der Waals surface area contributed by atoms with Crippen molar-refractivity contribution < 1.29 is 14.3 Å². The van der Waals surface area contributed by atoms with Crippen LogP contribution >= 0.6 is 0 Å². The van der Waals surface area contributed by atoms with E-state index >= 15 is 0 Å². The smallest absolute Gasteiger partial charge is 0.276 e. The van der Waals surface area contributed by atoms with Crippen molar-refractivity contribution >= 4 is 11.6 Å². The summed E-state index contributed by atoms with van der Waals surface area (Å²) in [6.07, 6.45) is 1.72. The number of benzene rings is 2. The van der Waals surface area contributed by atoms with Gasteiger partial charge in [-0.1, -0.05) is 17.7 Å². The molecule has 140 valence electrons. The number of amides is 1. The molecule has 1 N–H and O–H groups in total. The lowest BCUT2D eigenvalue weighted by atomic mass is 10.1. The van der Waals surface area contributed by atoms with Crippen LogP contribution in [0.3, 0.4) is 0 Å². The highest BCUT2D eigenvalue weighted by Gasteiger charge is 2.10. The second-order valence-electron chi connectivity index (χ2n) is 6.19. The predicted octanol–water partition coefficient (Wildman–Crippen LogP) is 4.19. The van der Waals surface area contributed by atoms with Crippen LogP contribution < -0.4 is 14.8 Å². The quantitative estimate of drug-likeness (QED) is 0.682. The summed E-state index contributed by atoms with van der Waals surface area (Å²) in [4.78, 5) is 12.3. The molecule has 3 aromatic rings. The second-order valence-corrected chi connectivity index (χ2v) is 6.19. The summed E-state index contributed by atoms with van der Waals surface area (Å²) in [5.41, 5.74) is 3.26. The number of nitrogens with one attached hydrogen (secondary N) is 1. The zero-order valence-corrected chi connectivity index (χ0v) is 15.7. The number of hydrogen-bond acceptors (Lipinski definition) is 4. The van der Waals surface area contributed by atoms with Crippen molar-refractivity contribution in [3.05, 3.63) is 71.5 Å². The van der Waals surface area contributed by atoms with Gasteiger partial charge < -0.3 is 14.8 Å². The molecule has 0 aliphatic rings. The Kier molecular flexibility index (Phi) is 5.76. The van der Waals surface area contributed by atoms with E-state index in [1.165, 1.54) is 5.56 Å². The van der Waals surface area contributed by atoms with Crippen molar-refractivity contribution in [1.82, 2.24) is 9.78 Å². The Bertz CT molecular complexity index is 917. The molecule has 0 atom stereocenters. The number of carbonyl (C=O) groups excluding carboxylic acids is 1. The lowest BCUT2D eigenvalue weighted by Gasteiger charge is -2.09. The van der Waals surface area contributed by atoms with E-state index in [0.717, 1.165) is 17.1 Å². The van der Waals surface area contributed by atoms with Crippen LogP contribution in [0.15, 0.2) is 54.7 Å². The molecule has 6 nitrogen and oxygen atoms in total. The third-order valence-electron chi connectivity index (χ3n) is 3.98. The van der Waals surface area contributed by atoms with Crippen molar-refractivity contribution in [3.8, 4) is 11.5 Å².